The number of sulfone groups is 1. The lowest BCUT2D eigenvalue weighted by atomic mass is 9.96. The van der Waals surface area contributed by atoms with E-state index in [1.807, 2.05) is 0 Å². The van der Waals surface area contributed by atoms with E-state index in [0.29, 0.717) is 5.02 Å². The summed E-state index contributed by atoms with van der Waals surface area (Å²) in [6.07, 6.45) is 0. The molecule has 146 valence electrons. The van der Waals surface area contributed by atoms with Crippen molar-refractivity contribution in [2.75, 3.05) is 26.4 Å². The zero-order valence-corrected chi connectivity index (χ0v) is 15.6. The Bertz CT molecular complexity index is 918. The highest BCUT2D eigenvalue weighted by molar-refractivity contribution is 7.91. The van der Waals surface area contributed by atoms with E-state index in [2.05, 4.69) is 0 Å². The normalized spacial score (nSPS) is 19.4. The van der Waals surface area contributed by atoms with Crippen LogP contribution in [0.25, 0.3) is 0 Å². The molecule has 2 unspecified atom stereocenters. The quantitative estimate of drug-likeness (QED) is 0.729. The lowest BCUT2D eigenvalue weighted by Gasteiger charge is -2.33. The van der Waals surface area contributed by atoms with Crippen LogP contribution in [0.2, 0.25) is 5.02 Å². The molecule has 0 radical (unpaired) electrons. The van der Waals surface area contributed by atoms with Crippen molar-refractivity contribution >= 4 is 21.4 Å². The summed E-state index contributed by atoms with van der Waals surface area (Å²) in [7, 11) is -4.11. The van der Waals surface area contributed by atoms with Crippen LogP contribution in [0.1, 0.15) is 10.8 Å². The number of hydrogen-bond donors (Lipinski definition) is 1. The van der Waals surface area contributed by atoms with Gasteiger partial charge in [0, 0.05) is 10.9 Å². The minimum Gasteiger partial charge on any atom is -0.490 e. The highest BCUT2D eigenvalue weighted by atomic mass is 35.5. The first kappa shape index (κ1) is 20.0. The predicted molar refractivity (Wildman–Crippen MR) is 94.6 cm³/mol. The molecule has 2 atom stereocenters. The molecular weight excluding hydrogens is 402 g/mol. The lowest BCUT2D eigenvalue weighted by Crippen LogP contribution is -2.35. The Balaban J connectivity index is 2.11. The molecule has 9 heteroatoms. The smallest absolute Gasteiger partial charge is 0.186 e. The largest absolute Gasteiger partial charge is 0.490 e. The van der Waals surface area contributed by atoms with Crippen molar-refractivity contribution in [2.24, 2.45) is 5.92 Å². The first-order valence-corrected chi connectivity index (χ1v) is 10.1. The van der Waals surface area contributed by atoms with E-state index < -0.39 is 38.4 Å². The van der Waals surface area contributed by atoms with Crippen LogP contribution in [0.15, 0.2) is 41.3 Å². The van der Waals surface area contributed by atoms with Crippen molar-refractivity contribution in [1.82, 2.24) is 0 Å². The monoisotopic (exact) mass is 418 g/mol. The number of fused-ring (bicyclic) bond motifs is 1. The third kappa shape index (κ3) is 3.94. The maximum absolute atomic E-state index is 14.6. The summed E-state index contributed by atoms with van der Waals surface area (Å²) in [5.41, 5.74) is -0.353. The zero-order chi connectivity index (χ0) is 19.6. The molecule has 1 heterocycles. The number of benzene rings is 2. The van der Waals surface area contributed by atoms with E-state index in [1.165, 1.54) is 24.3 Å². The fraction of sp³-hybridized carbons (Fsp3) is 0.333. The Hall–Kier alpha value is -1.74. The second kappa shape index (κ2) is 8.10. The van der Waals surface area contributed by atoms with Gasteiger partial charge in [0.25, 0.3) is 0 Å². The first-order valence-electron chi connectivity index (χ1n) is 8.15. The van der Waals surface area contributed by atoms with Crippen molar-refractivity contribution < 1.29 is 31.8 Å². The van der Waals surface area contributed by atoms with Crippen LogP contribution in [0, 0.1) is 17.6 Å². The molecule has 0 aliphatic carbocycles. The summed E-state index contributed by atoms with van der Waals surface area (Å²) >= 11 is 5.82. The van der Waals surface area contributed by atoms with Gasteiger partial charge < -0.3 is 14.6 Å². The maximum Gasteiger partial charge on any atom is 0.186 e. The Morgan fingerprint density at radius 3 is 2.48 bits per heavy atom. The van der Waals surface area contributed by atoms with E-state index in [9.17, 15) is 17.2 Å². The molecule has 0 bridgehead atoms. The summed E-state index contributed by atoms with van der Waals surface area (Å²) < 4.78 is 65.8. The number of rotatable bonds is 6. The van der Waals surface area contributed by atoms with Gasteiger partial charge in [-0.3, -0.25) is 0 Å². The standard InChI is InChI=1S/C18H17ClF2O5S/c19-12-1-3-13(4-2-12)27(23,24)18-11(9-25-8-7-22)10-26-17-15(21)6-5-14(20)16(17)18/h1-6,11,18,22H,7-10H2. The summed E-state index contributed by atoms with van der Waals surface area (Å²) in [4.78, 5) is -0.0689. The molecule has 0 spiro atoms. The van der Waals surface area contributed by atoms with Crippen LogP contribution in [-0.4, -0.2) is 40.0 Å². The van der Waals surface area contributed by atoms with Crippen molar-refractivity contribution in [3.05, 3.63) is 58.6 Å². The number of halogens is 3. The third-order valence-electron chi connectivity index (χ3n) is 4.29. The van der Waals surface area contributed by atoms with Gasteiger partial charge in [-0.15, -0.1) is 0 Å². The minimum absolute atomic E-state index is 0.0112. The van der Waals surface area contributed by atoms with Gasteiger partial charge in [-0.1, -0.05) is 11.6 Å². The number of hydrogen-bond acceptors (Lipinski definition) is 5. The van der Waals surface area contributed by atoms with Gasteiger partial charge in [0.05, 0.1) is 36.9 Å². The second-order valence-corrected chi connectivity index (χ2v) is 8.57. The van der Waals surface area contributed by atoms with Crippen LogP contribution in [0.5, 0.6) is 5.75 Å². The van der Waals surface area contributed by atoms with Crippen molar-refractivity contribution in [3.63, 3.8) is 0 Å². The van der Waals surface area contributed by atoms with Gasteiger partial charge in [0.2, 0.25) is 0 Å². The van der Waals surface area contributed by atoms with Gasteiger partial charge in [0.15, 0.2) is 21.4 Å². The Labute approximate surface area is 160 Å². The molecule has 1 aliphatic rings. The summed E-state index contributed by atoms with van der Waals surface area (Å²) in [5.74, 6) is -2.91. The molecule has 3 rings (SSSR count). The lowest BCUT2D eigenvalue weighted by molar-refractivity contribution is 0.0454. The van der Waals surface area contributed by atoms with Crippen molar-refractivity contribution in [3.8, 4) is 5.75 Å². The predicted octanol–water partition coefficient (Wildman–Crippen LogP) is 3.15. The number of aliphatic hydroxyl groups is 1. The topological polar surface area (TPSA) is 72.8 Å². The van der Waals surface area contributed by atoms with Crippen LogP contribution in [0.3, 0.4) is 0 Å². The SMILES string of the molecule is O=S(=O)(c1ccc(Cl)cc1)C1c2c(F)ccc(F)c2OCC1COCCO. The molecule has 0 amide bonds. The number of aliphatic hydroxyl groups excluding tert-OH is 1. The fourth-order valence-corrected chi connectivity index (χ4v) is 5.22. The molecule has 27 heavy (non-hydrogen) atoms. The van der Waals surface area contributed by atoms with Gasteiger partial charge in [-0.05, 0) is 36.4 Å². The highest BCUT2D eigenvalue weighted by Gasteiger charge is 2.44. The molecule has 2 aromatic carbocycles. The molecule has 0 saturated heterocycles. The summed E-state index contributed by atoms with van der Waals surface area (Å²) in [6.45, 7) is -0.534. The first-order chi connectivity index (χ1) is 12.9. The summed E-state index contributed by atoms with van der Waals surface area (Å²) in [6, 6.07) is 7.22. The van der Waals surface area contributed by atoms with Crippen LogP contribution in [0.4, 0.5) is 8.78 Å². The molecular formula is C18H17ClF2O5S. The van der Waals surface area contributed by atoms with Crippen LogP contribution >= 0.6 is 11.6 Å². The van der Waals surface area contributed by atoms with Gasteiger partial charge in [0.1, 0.15) is 11.1 Å². The third-order valence-corrected chi connectivity index (χ3v) is 6.76. The van der Waals surface area contributed by atoms with E-state index in [4.69, 9.17) is 26.2 Å². The van der Waals surface area contributed by atoms with E-state index in [0.717, 1.165) is 12.1 Å². The van der Waals surface area contributed by atoms with E-state index >= 15 is 0 Å². The molecule has 1 aliphatic heterocycles. The van der Waals surface area contributed by atoms with Crippen molar-refractivity contribution in [1.29, 1.82) is 0 Å². The average molecular weight is 419 g/mol. The summed E-state index contributed by atoms with van der Waals surface area (Å²) in [5, 5.41) is 7.81. The van der Waals surface area contributed by atoms with Gasteiger partial charge in [-0.2, -0.15) is 0 Å². The molecule has 2 aromatic rings. The molecule has 0 aromatic heterocycles. The molecule has 5 nitrogen and oxygen atoms in total. The fourth-order valence-electron chi connectivity index (χ4n) is 3.09. The Morgan fingerprint density at radius 1 is 1.15 bits per heavy atom. The average Bonchev–Trinajstić information content (AvgIpc) is 2.65. The molecule has 0 saturated carbocycles. The van der Waals surface area contributed by atoms with E-state index in [1.54, 1.807) is 0 Å². The number of ether oxygens (including phenoxy) is 2. The van der Waals surface area contributed by atoms with E-state index in [-0.39, 0.29) is 36.9 Å². The minimum atomic E-state index is -4.11. The zero-order valence-electron chi connectivity index (χ0n) is 14.1. The molecule has 1 N–H and O–H groups in total. The van der Waals surface area contributed by atoms with Crippen molar-refractivity contribution in [2.45, 2.75) is 10.1 Å². The van der Waals surface area contributed by atoms with Crippen LogP contribution in [-0.2, 0) is 14.6 Å². The Kier molecular flexibility index (Phi) is 6.00. The second-order valence-electron chi connectivity index (χ2n) is 6.06. The Morgan fingerprint density at radius 2 is 1.81 bits per heavy atom. The molecule has 0 fully saturated rings. The van der Waals surface area contributed by atoms with Crippen LogP contribution < -0.4 is 4.74 Å². The van der Waals surface area contributed by atoms with Gasteiger partial charge in [-0.25, -0.2) is 17.2 Å². The highest BCUT2D eigenvalue weighted by Crippen LogP contribution is 2.45. The van der Waals surface area contributed by atoms with Gasteiger partial charge >= 0.3 is 0 Å². The maximum atomic E-state index is 14.6.